The number of benzene rings is 3. The monoisotopic (exact) mass is 448 g/mol. The first-order valence-corrected chi connectivity index (χ1v) is 19.5. The summed E-state index contributed by atoms with van der Waals surface area (Å²) in [7, 11) is -3.19. The third-order valence-corrected chi connectivity index (χ3v) is 13.0. The van der Waals surface area contributed by atoms with E-state index in [9.17, 15) is 0 Å². The molecule has 0 N–H and O–H groups in total. The largest absolute Gasteiger partial charge is 0.0774 e. The van der Waals surface area contributed by atoms with Crippen LogP contribution in [0.1, 0.15) is 16.7 Å². The normalized spacial score (nSPS) is 12.4. The molecule has 0 fully saturated rings. The number of aryl methyl sites for hydroxylation is 2. The first-order valence-electron chi connectivity index (χ1n) is 11.0. The molecule has 0 unspecified atom stereocenters. The first-order chi connectivity index (χ1) is 14.0. The van der Waals surface area contributed by atoms with E-state index in [1.807, 2.05) is 0 Å². The van der Waals surface area contributed by atoms with Crippen LogP contribution in [-0.2, 0) is 6.16 Å². The van der Waals surface area contributed by atoms with Crippen molar-refractivity contribution in [2.24, 2.45) is 0 Å². The van der Waals surface area contributed by atoms with Gasteiger partial charge in [0.05, 0.1) is 16.1 Å². The van der Waals surface area contributed by atoms with Gasteiger partial charge >= 0.3 is 0 Å². The molecule has 158 valence electrons. The standard InChI is InChI=1S/C27H37PSi2/c1-21-13-9-11-15-24(21)28(25-16-12-10-14-22(25)2)20-23-17-18-26(29(3,4)5)27(19-23)30(6,7)8/h9-19H,20H2,1-8H3. The molecule has 0 radical (unpaired) electrons. The van der Waals surface area contributed by atoms with Crippen LogP contribution in [0.2, 0.25) is 39.3 Å². The third kappa shape index (κ3) is 5.22. The van der Waals surface area contributed by atoms with Crippen LogP contribution in [0, 0.1) is 13.8 Å². The number of rotatable bonds is 6. The molecule has 3 aromatic carbocycles. The smallest absolute Gasteiger partial charge is 0.0656 e. The molecule has 0 aromatic heterocycles. The molecule has 0 aliphatic heterocycles. The Hall–Kier alpha value is -1.48. The molecule has 0 aliphatic carbocycles. The minimum absolute atomic E-state index is 0.428. The van der Waals surface area contributed by atoms with Crippen molar-refractivity contribution >= 4 is 45.1 Å². The molecule has 0 nitrogen and oxygen atoms in total. The minimum atomic E-state index is -1.41. The molecule has 0 heterocycles. The summed E-state index contributed by atoms with van der Waals surface area (Å²) in [6, 6.07) is 25.5. The zero-order chi connectivity index (χ0) is 22.1. The van der Waals surface area contributed by atoms with Gasteiger partial charge in [-0.05, 0) is 49.1 Å². The van der Waals surface area contributed by atoms with Crippen LogP contribution < -0.4 is 21.0 Å². The highest BCUT2D eigenvalue weighted by atomic mass is 31.1. The Balaban J connectivity index is 2.12. The van der Waals surface area contributed by atoms with E-state index in [-0.39, 0.29) is 0 Å². The summed E-state index contributed by atoms with van der Waals surface area (Å²) in [4.78, 5) is 0. The maximum Gasteiger partial charge on any atom is 0.0774 e. The topological polar surface area (TPSA) is 0 Å². The van der Waals surface area contributed by atoms with Gasteiger partial charge in [-0.1, -0.05) is 116 Å². The van der Waals surface area contributed by atoms with Crippen molar-refractivity contribution < 1.29 is 0 Å². The molecular formula is C27H37PSi2. The van der Waals surface area contributed by atoms with Crippen LogP contribution in [0.5, 0.6) is 0 Å². The second-order valence-corrected chi connectivity index (χ2v) is 22.8. The molecule has 0 atom stereocenters. The van der Waals surface area contributed by atoms with Crippen LogP contribution in [0.3, 0.4) is 0 Å². The highest BCUT2D eigenvalue weighted by Crippen LogP contribution is 2.39. The predicted octanol–water partition coefficient (Wildman–Crippen LogP) is 6.03. The van der Waals surface area contributed by atoms with Crippen molar-refractivity contribution in [3.8, 4) is 0 Å². The van der Waals surface area contributed by atoms with Crippen molar-refractivity contribution in [3.05, 3.63) is 83.4 Å². The predicted molar refractivity (Wildman–Crippen MR) is 145 cm³/mol. The van der Waals surface area contributed by atoms with Crippen LogP contribution in [-0.4, -0.2) is 16.1 Å². The summed E-state index contributed by atoms with van der Waals surface area (Å²) < 4.78 is 0. The van der Waals surface area contributed by atoms with Crippen molar-refractivity contribution in [1.29, 1.82) is 0 Å². The lowest BCUT2D eigenvalue weighted by Gasteiger charge is -2.29. The molecule has 0 spiro atoms. The lowest BCUT2D eigenvalue weighted by Crippen LogP contribution is -2.56. The minimum Gasteiger partial charge on any atom is -0.0656 e. The van der Waals surface area contributed by atoms with Gasteiger partial charge in [-0.25, -0.2) is 0 Å². The lowest BCUT2D eigenvalue weighted by molar-refractivity contribution is 1.40. The summed E-state index contributed by atoms with van der Waals surface area (Å²) >= 11 is 0. The third-order valence-electron chi connectivity index (χ3n) is 5.85. The fraction of sp³-hybridized carbons (Fsp3) is 0.333. The van der Waals surface area contributed by atoms with Crippen LogP contribution >= 0.6 is 7.92 Å². The number of hydrogen-bond donors (Lipinski definition) is 0. The molecule has 3 heteroatoms. The highest BCUT2D eigenvalue weighted by Gasteiger charge is 2.28. The Morgan fingerprint density at radius 1 is 0.600 bits per heavy atom. The van der Waals surface area contributed by atoms with Gasteiger partial charge in [0, 0.05) is 6.16 Å². The Morgan fingerprint density at radius 2 is 1.07 bits per heavy atom. The summed E-state index contributed by atoms with van der Waals surface area (Å²) in [5, 5.41) is 6.39. The average Bonchev–Trinajstić information content (AvgIpc) is 2.66. The van der Waals surface area contributed by atoms with Crippen LogP contribution in [0.4, 0.5) is 0 Å². The zero-order valence-corrected chi connectivity index (χ0v) is 22.9. The van der Waals surface area contributed by atoms with Gasteiger partial charge in [0.15, 0.2) is 0 Å². The summed E-state index contributed by atoms with van der Waals surface area (Å²) in [5.74, 6) is 0. The maximum absolute atomic E-state index is 2.59. The van der Waals surface area contributed by atoms with Gasteiger partial charge in [-0.3, -0.25) is 0 Å². The van der Waals surface area contributed by atoms with Crippen molar-refractivity contribution in [3.63, 3.8) is 0 Å². The van der Waals surface area contributed by atoms with Crippen molar-refractivity contribution in [2.75, 3.05) is 0 Å². The van der Waals surface area contributed by atoms with Crippen LogP contribution in [0.25, 0.3) is 0 Å². The molecule has 0 amide bonds. The average molecular weight is 449 g/mol. The maximum atomic E-state index is 2.59. The van der Waals surface area contributed by atoms with Gasteiger partial charge in [0.2, 0.25) is 0 Å². The second kappa shape index (κ2) is 8.95. The first kappa shape index (κ1) is 23.2. The van der Waals surface area contributed by atoms with Gasteiger partial charge in [-0.15, -0.1) is 0 Å². The van der Waals surface area contributed by atoms with E-state index >= 15 is 0 Å². The summed E-state index contributed by atoms with van der Waals surface area (Å²) in [6.07, 6.45) is 1.12. The molecule has 0 saturated heterocycles. The van der Waals surface area contributed by atoms with E-state index in [2.05, 4.69) is 120 Å². The lowest BCUT2D eigenvalue weighted by atomic mass is 10.2. The van der Waals surface area contributed by atoms with Gasteiger partial charge < -0.3 is 0 Å². The van der Waals surface area contributed by atoms with Gasteiger partial charge in [-0.2, -0.15) is 0 Å². The SMILES string of the molecule is Cc1ccccc1P(Cc1ccc([Si](C)(C)C)c([Si](C)(C)C)c1)c1ccccc1C. The van der Waals surface area contributed by atoms with Gasteiger partial charge in [0.1, 0.15) is 0 Å². The highest BCUT2D eigenvalue weighted by molar-refractivity contribution is 7.72. The summed E-state index contributed by atoms with van der Waals surface area (Å²) in [6.45, 7) is 19.5. The Morgan fingerprint density at radius 3 is 1.50 bits per heavy atom. The Bertz CT molecular complexity index is 980. The quantitative estimate of drug-likeness (QED) is 0.319. The Labute approximate surface area is 187 Å². The van der Waals surface area contributed by atoms with Crippen molar-refractivity contribution in [2.45, 2.75) is 59.3 Å². The van der Waals surface area contributed by atoms with Crippen molar-refractivity contribution in [1.82, 2.24) is 0 Å². The van der Waals surface area contributed by atoms with Gasteiger partial charge in [0.25, 0.3) is 0 Å². The van der Waals surface area contributed by atoms with E-state index in [4.69, 9.17) is 0 Å². The van der Waals surface area contributed by atoms with E-state index in [1.54, 1.807) is 10.4 Å². The summed E-state index contributed by atoms with van der Waals surface area (Å²) in [5.41, 5.74) is 4.33. The molecule has 30 heavy (non-hydrogen) atoms. The fourth-order valence-electron chi connectivity index (χ4n) is 4.18. The fourth-order valence-corrected chi connectivity index (χ4v) is 12.1. The molecule has 3 aromatic rings. The molecular weight excluding hydrogens is 411 g/mol. The Kier molecular flexibility index (Phi) is 6.92. The molecule has 0 aliphatic rings. The second-order valence-electron chi connectivity index (χ2n) is 10.5. The molecule has 3 rings (SSSR count). The van der Waals surface area contributed by atoms with E-state index in [0.29, 0.717) is 0 Å². The van der Waals surface area contributed by atoms with E-state index in [1.165, 1.54) is 27.3 Å². The van der Waals surface area contributed by atoms with Crippen LogP contribution in [0.15, 0.2) is 66.7 Å². The molecule has 0 bridgehead atoms. The number of hydrogen-bond acceptors (Lipinski definition) is 0. The van der Waals surface area contributed by atoms with E-state index < -0.39 is 24.1 Å². The van der Waals surface area contributed by atoms with E-state index in [0.717, 1.165) is 6.16 Å². The molecule has 0 saturated carbocycles. The zero-order valence-electron chi connectivity index (χ0n) is 20.0.